The van der Waals surface area contributed by atoms with Crippen molar-refractivity contribution in [2.24, 2.45) is 5.10 Å². The van der Waals surface area contributed by atoms with Gasteiger partial charge in [-0.2, -0.15) is 5.10 Å². The third-order valence-corrected chi connectivity index (χ3v) is 5.55. The van der Waals surface area contributed by atoms with Gasteiger partial charge in [-0.15, -0.1) is 0 Å². The zero-order valence-electron chi connectivity index (χ0n) is 21.0. The van der Waals surface area contributed by atoms with Crippen LogP contribution in [0.1, 0.15) is 29.2 Å². The number of hydrogen-bond donors (Lipinski definition) is 1. The van der Waals surface area contributed by atoms with Gasteiger partial charge in [-0.05, 0) is 79.1 Å². The molecule has 4 aromatic carbocycles. The van der Waals surface area contributed by atoms with E-state index in [1.165, 1.54) is 5.56 Å². The topological polar surface area (TPSA) is 69.2 Å². The number of carbonyl (C=O) groups excluding carboxylic acids is 1. The van der Waals surface area contributed by atoms with Crippen LogP contribution in [0.2, 0.25) is 0 Å². The van der Waals surface area contributed by atoms with Gasteiger partial charge in [-0.1, -0.05) is 60.2 Å². The summed E-state index contributed by atoms with van der Waals surface area (Å²) in [5.41, 5.74) is 6.78. The fourth-order valence-electron chi connectivity index (χ4n) is 3.38. The van der Waals surface area contributed by atoms with Gasteiger partial charge >= 0.3 is 0 Å². The molecular weight excluding hydrogens is 464 g/mol. The molecule has 4 aromatic rings. The zero-order chi connectivity index (χ0) is 25.9. The van der Waals surface area contributed by atoms with Crippen LogP contribution in [0, 0.1) is 6.92 Å². The van der Waals surface area contributed by atoms with E-state index in [1.54, 1.807) is 25.3 Å². The summed E-state index contributed by atoms with van der Waals surface area (Å²) < 4.78 is 17.3. The number of benzene rings is 4. The van der Waals surface area contributed by atoms with Crippen molar-refractivity contribution in [3.63, 3.8) is 0 Å². The fraction of sp³-hybridized carbons (Fsp3) is 0.161. The fourth-order valence-corrected chi connectivity index (χ4v) is 3.38. The summed E-state index contributed by atoms with van der Waals surface area (Å²) in [7, 11) is 0. The molecule has 1 amide bonds. The van der Waals surface area contributed by atoms with E-state index in [0.29, 0.717) is 19.0 Å². The lowest BCUT2D eigenvalue weighted by Crippen LogP contribution is -2.33. The van der Waals surface area contributed by atoms with E-state index in [9.17, 15) is 4.79 Å². The van der Waals surface area contributed by atoms with Gasteiger partial charge in [-0.25, -0.2) is 5.43 Å². The minimum Gasteiger partial charge on any atom is -0.489 e. The Balaban J connectivity index is 1.19. The Labute approximate surface area is 217 Å². The van der Waals surface area contributed by atoms with Crippen molar-refractivity contribution in [3.8, 4) is 17.2 Å². The van der Waals surface area contributed by atoms with E-state index >= 15 is 0 Å². The first-order valence-corrected chi connectivity index (χ1v) is 12.1. The minimum atomic E-state index is -0.717. The molecular formula is C31H30N2O4. The molecule has 0 saturated carbocycles. The Morgan fingerprint density at radius 2 is 1.30 bits per heavy atom. The van der Waals surface area contributed by atoms with Crippen LogP contribution in [0.15, 0.2) is 108 Å². The Morgan fingerprint density at radius 1 is 0.757 bits per heavy atom. The van der Waals surface area contributed by atoms with E-state index in [1.807, 2.05) is 66.7 Å². The first-order chi connectivity index (χ1) is 18.0. The van der Waals surface area contributed by atoms with Gasteiger partial charge in [0.25, 0.3) is 5.91 Å². The molecule has 0 aliphatic heterocycles. The molecule has 0 fully saturated rings. The highest BCUT2D eigenvalue weighted by atomic mass is 16.5. The van der Waals surface area contributed by atoms with Crippen molar-refractivity contribution in [1.29, 1.82) is 0 Å². The number of hydrogen-bond acceptors (Lipinski definition) is 5. The van der Waals surface area contributed by atoms with Crippen LogP contribution in [0.3, 0.4) is 0 Å². The summed E-state index contributed by atoms with van der Waals surface area (Å²) in [4.78, 5) is 12.4. The number of nitrogens with one attached hydrogen (secondary N) is 1. The first kappa shape index (κ1) is 25.5. The van der Waals surface area contributed by atoms with Crippen LogP contribution in [-0.4, -0.2) is 18.2 Å². The van der Waals surface area contributed by atoms with Crippen LogP contribution in [0.4, 0.5) is 0 Å². The molecule has 6 heteroatoms. The molecule has 0 aliphatic rings. The Bertz CT molecular complexity index is 1290. The van der Waals surface area contributed by atoms with Crippen molar-refractivity contribution in [1.82, 2.24) is 5.43 Å². The van der Waals surface area contributed by atoms with Gasteiger partial charge in [-0.3, -0.25) is 4.79 Å². The van der Waals surface area contributed by atoms with E-state index < -0.39 is 6.10 Å². The predicted molar refractivity (Wildman–Crippen MR) is 145 cm³/mol. The molecule has 1 N–H and O–H groups in total. The smallest absolute Gasteiger partial charge is 0.280 e. The average molecular weight is 495 g/mol. The summed E-state index contributed by atoms with van der Waals surface area (Å²) in [6, 6.07) is 32.9. The molecule has 0 spiro atoms. The van der Waals surface area contributed by atoms with Crippen LogP contribution < -0.4 is 19.6 Å². The lowest BCUT2D eigenvalue weighted by atomic mass is 10.2. The summed E-state index contributed by atoms with van der Waals surface area (Å²) in [5, 5.41) is 4.04. The second-order valence-corrected chi connectivity index (χ2v) is 8.58. The molecule has 4 rings (SSSR count). The lowest BCUT2D eigenvalue weighted by Gasteiger charge is -2.13. The molecule has 0 bridgehead atoms. The third-order valence-electron chi connectivity index (χ3n) is 5.55. The first-order valence-electron chi connectivity index (χ1n) is 12.1. The van der Waals surface area contributed by atoms with Gasteiger partial charge in [0.1, 0.15) is 30.5 Å². The maximum atomic E-state index is 12.4. The standard InChI is InChI=1S/C31H30N2O4/c1-23-8-10-27(11-9-23)22-36-28-14-12-25(13-15-28)20-32-33-31(34)24(2)37-30-18-16-29(17-19-30)35-21-26-6-4-3-5-7-26/h3-20,24H,21-22H2,1-2H3,(H,33,34)/b32-20-/t24-/m0/s1. The average Bonchev–Trinajstić information content (AvgIpc) is 2.93. The minimum absolute atomic E-state index is 0.348. The van der Waals surface area contributed by atoms with Crippen molar-refractivity contribution >= 4 is 12.1 Å². The molecule has 0 aromatic heterocycles. The van der Waals surface area contributed by atoms with Gasteiger partial charge in [0.15, 0.2) is 6.10 Å². The molecule has 0 saturated heterocycles. The van der Waals surface area contributed by atoms with Crippen LogP contribution in [-0.2, 0) is 18.0 Å². The van der Waals surface area contributed by atoms with E-state index in [4.69, 9.17) is 14.2 Å². The highest BCUT2D eigenvalue weighted by Gasteiger charge is 2.14. The molecule has 1 atom stereocenters. The number of amides is 1. The Hall–Kier alpha value is -4.58. The SMILES string of the molecule is Cc1ccc(COc2ccc(/C=N\NC(=O)[C@H](C)Oc3ccc(OCc4ccccc4)cc3)cc2)cc1. The number of hydrazone groups is 1. The number of rotatable bonds is 11. The van der Waals surface area contributed by atoms with E-state index in [-0.39, 0.29) is 5.91 Å². The Morgan fingerprint density at radius 3 is 1.92 bits per heavy atom. The van der Waals surface area contributed by atoms with Crippen LogP contribution >= 0.6 is 0 Å². The highest BCUT2D eigenvalue weighted by Crippen LogP contribution is 2.20. The van der Waals surface area contributed by atoms with E-state index in [0.717, 1.165) is 28.2 Å². The highest BCUT2D eigenvalue weighted by molar-refractivity contribution is 5.84. The zero-order valence-corrected chi connectivity index (χ0v) is 21.0. The van der Waals surface area contributed by atoms with Crippen molar-refractivity contribution in [2.45, 2.75) is 33.2 Å². The number of ether oxygens (including phenoxy) is 3. The lowest BCUT2D eigenvalue weighted by molar-refractivity contribution is -0.127. The van der Waals surface area contributed by atoms with Crippen LogP contribution in [0.25, 0.3) is 0 Å². The monoisotopic (exact) mass is 494 g/mol. The molecule has 0 unspecified atom stereocenters. The number of nitrogens with zero attached hydrogens (tertiary/aromatic N) is 1. The number of carbonyl (C=O) groups is 1. The molecule has 6 nitrogen and oxygen atoms in total. The Kier molecular flexibility index (Phi) is 8.92. The quantitative estimate of drug-likeness (QED) is 0.203. The molecule has 0 aliphatic carbocycles. The maximum absolute atomic E-state index is 12.4. The van der Waals surface area contributed by atoms with Crippen molar-refractivity contribution < 1.29 is 19.0 Å². The molecule has 37 heavy (non-hydrogen) atoms. The van der Waals surface area contributed by atoms with Gasteiger partial charge < -0.3 is 14.2 Å². The second kappa shape index (κ2) is 12.9. The largest absolute Gasteiger partial charge is 0.489 e. The van der Waals surface area contributed by atoms with Gasteiger partial charge in [0.2, 0.25) is 0 Å². The van der Waals surface area contributed by atoms with Crippen molar-refractivity contribution in [2.75, 3.05) is 0 Å². The second-order valence-electron chi connectivity index (χ2n) is 8.58. The van der Waals surface area contributed by atoms with Crippen molar-refractivity contribution in [3.05, 3.63) is 125 Å². The summed E-state index contributed by atoms with van der Waals surface area (Å²) in [5.74, 6) is 1.71. The number of aryl methyl sites for hydroxylation is 1. The molecule has 188 valence electrons. The maximum Gasteiger partial charge on any atom is 0.280 e. The van der Waals surface area contributed by atoms with E-state index in [2.05, 4.69) is 41.7 Å². The van der Waals surface area contributed by atoms with Gasteiger partial charge in [0.05, 0.1) is 6.21 Å². The normalized spacial score (nSPS) is 11.6. The van der Waals surface area contributed by atoms with Gasteiger partial charge in [0, 0.05) is 0 Å². The summed E-state index contributed by atoms with van der Waals surface area (Å²) in [6.07, 6.45) is 0.860. The predicted octanol–water partition coefficient (Wildman–Crippen LogP) is 6.07. The summed E-state index contributed by atoms with van der Waals surface area (Å²) in [6.45, 7) is 4.72. The molecule has 0 heterocycles. The third kappa shape index (κ3) is 8.25. The summed E-state index contributed by atoms with van der Waals surface area (Å²) >= 11 is 0. The molecule has 0 radical (unpaired) electrons. The van der Waals surface area contributed by atoms with Crippen LogP contribution in [0.5, 0.6) is 17.2 Å².